The Morgan fingerprint density at radius 1 is 1.37 bits per heavy atom. The van der Waals surface area contributed by atoms with Gasteiger partial charge in [-0.25, -0.2) is 0 Å². The van der Waals surface area contributed by atoms with Crippen LogP contribution < -0.4 is 5.32 Å². The van der Waals surface area contributed by atoms with Gasteiger partial charge >= 0.3 is 0 Å². The van der Waals surface area contributed by atoms with Crippen molar-refractivity contribution in [2.75, 3.05) is 27.2 Å². The predicted molar refractivity (Wildman–Crippen MR) is 80.5 cm³/mol. The minimum Gasteiger partial charge on any atom is -0.345 e. The quantitative estimate of drug-likeness (QED) is 0.905. The molecule has 0 radical (unpaired) electrons. The van der Waals surface area contributed by atoms with Crippen LogP contribution in [0.4, 0.5) is 0 Å². The van der Waals surface area contributed by atoms with E-state index in [9.17, 15) is 4.79 Å². The van der Waals surface area contributed by atoms with Crippen LogP contribution in [0.15, 0.2) is 12.4 Å². The first kappa shape index (κ1) is 18.2. The van der Waals surface area contributed by atoms with Gasteiger partial charge in [0.25, 0.3) is 5.91 Å². The molecule has 7 heteroatoms. The Bertz CT molecular complexity index is 387. The van der Waals surface area contributed by atoms with Gasteiger partial charge in [0.2, 0.25) is 0 Å². The first-order chi connectivity index (χ1) is 8.18. The maximum Gasteiger partial charge on any atom is 0.256 e. The summed E-state index contributed by atoms with van der Waals surface area (Å²) >= 11 is 0. The van der Waals surface area contributed by atoms with Gasteiger partial charge in [-0.2, -0.15) is 5.10 Å². The highest BCUT2D eigenvalue weighted by Crippen LogP contribution is 2.19. The van der Waals surface area contributed by atoms with Crippen LogP contribution in [0.2, 0.25) is 0 Å². The first-order valence-corrected chi connectivity index (χ1v) is 6.15. The monoisotopic (exact) mass is 308 g/mol. The van der Waals surface area contributed by atoms with E-state index in [0.29, 0.717) is 11.6 Å². The highest BCUT2D eigenvalue weighted by molar-refractivity contribution is 5.93. The molecule has 19 heavy (non-hydrogen) atoms. The smallest absolute Gasteiger partial charge is 0.256 e. The molecule has 1 aliphatic rings. The summed E-state index contributed by atoms with van der Waals surface area (Å²) in [7, 11) is 3.52. The molecule has 1 atom stereocenters. The molecule has 1 amide bonds. The third-order valence-corrected chi connectivity index (χ3v) is 3.17. The average molecular weight is 309 g/mol. The van der Waals surface area contributed by atoms with Gasteiger partial charge in [0.05, 0.1) is 17.8 Å². The summed E-state index contributed by atoms with van der Waals surface area (Å²) in [6.07, 6.45) is 6.92. The first-order valence-electron chi connectivity index (χ1n) is 6.15. The number of nitrogens with zero attached hydrogens (tertiary/aromatic N) is 3. The lowest BCUT2D eigenvalue weighted by molar-refractivity contribution is 0.0827. The minimum absolute atomic E-state index is 0. The lowest BCUT2D eigenvalue weighted by Gasteiger charge is -2.14. The van der Waals surface area contributed by atoms with Gasteiger partial charge in [0, 0.05) is 20.3 Å². The number of hydrogen-bond acceptors (Lipinski definition) is 3. The van der Waals surface area contributed by atoms with E-state index in [4.69, 9.17) is 0 Å². The standard InChI is InChI=1S/C12H20N4O.2ClH/c1-15(2)12(17)10-8-14-16(9-10)11-4-3-6-13-7-5-11;;/h8-9,11,13H,3-7H2,1-2H3;2*1H. The summed E-state index contributed by atoms with van der Waals surface area (Å²) < 4.78 is 1.95. The summed E-state index contributed by atoms with van der Waals surface area (Å²) in [6, 6.07) is 0.425. The largest absolute Gasteiger partial charge is 0.345 e. The molecule has 0 aromatic carbocycles. The van der Waals surface area contributed by atoms with Gasteiger partial charge in [-0.15, -0.1) is 24.8 Å². The number of amides is 1. The predicted octanol–water partition coefficient (Wildman–Crippen LogP) is 1.74. The van der Waals surface area contributed by atoms with Crippen molar-refractivity contribution >= 4 is 30.7 Å². The highest BCUT2D eigenvalue weighted by atomic mass is 35.5. The summed E-state index contributed by atoms with van der Waals surface area (Å²) in [5.74, 6) is 0.0167. The van der Waals surface area contributed by atoms with Crippen molar-refractivity contribution in [1.82, 2.24) is 20.0 Å². The molecular formula is C12H22Cl2N4O. The van der Waals surface area contributed by atoms with Crippen molar-refractivity contribution < 1.29 is 4.79 Å². The zero-order chi connectivity index (χ0) is 12.3. The van der Waals surface area contributed by atoms with E-state index >= 15 is 0 Å². The maximum absolute atomic E-state index is 11.8. The molecule has 1 saturated heterocycles. The minimum atomic E-state index is 0. The molecule has 1 aromatic heterocycles. The molecule has 1 unspecified atom stereocenters. The van der Waals surface area contributed by atoms with Gasteiger partial charge in [0.15, 0.2) is 0 Å². The van der Waals surface area contributed by atoms with Gasteiger partial charge in [0.1, 0.15) is 0 Å². The fourth-order valence-electron chi connectivity index (χ4n) is 2.17. The van der Waals surface area contributed by atoms with Crippen LogP contribution in [0.3, 0.4) is 0 Å². The number of nitrogens with one attached hydrogen (secondary N) is 1. The molecule has 1 N–H and O–H groups in total. The van der Waals surface area contributed by atoms with E-state index < -0.39 is 0 Å². The highest BCUT2D eigenvalue weighted by Gasteiger charge is 2.17. The van der Waals surface area contributed by atoms with E-state index in [1.165, 1.54) is 6.42 Å². The molecular weight excluding hydrogens is 287 g/mol. The van der Waals surface area contributed by atoms with Crippen LogP contribution >= 0.6 is 24.8 Å². The van der Waals surface area contributed by atoms with Crippen molar-refractivity contribution in [1.29, 1.82) is 0 Å². The van der Waals surface area contributed by atoms with Crippen molar-refractivity contribution in [3.63, 3.8) is 0 Å². The third-order valence-electron chi connectivity index (χ3n) is 3.17. The molecule has 5 nitrogen and oxygen atoms in total. The zero-order valence-electron chi connectivity index (χ0n) is 11.3. The third kappa shape index (κ3) is 4.67. The summed E-state index contributed by atoms with van der Waals surface area (Å²) in [5.41, 5.74) is 0.673. The van der Waals surface area contributed by atoms with Gasteiger partial charge in [-0.3, -0.25) is 9.48 Å². The number of hydrogen-bond donors (Lipinski definition) is 1. The molecule has 0 saturated carbocycles. The molecule has 110 valence electrons. The molecule has 2 rings (SSSR count). The molecule has 0 spiro atoms. The molecule has 1 aromatic rings. The SMILES string of the molecule is CN(C)C(=O)c1cnn(C2CCCNCC2)c1.Cl.Cl. The van der Waals surface area contributed by atoms with Crippen LogP contribution in [-0.4, -0.2) is 47.8 Å². The summed E-state index contributed by atoms with van der Waals surface area (Å²) in [5, 5.41) is 7.70. The molecule has 2 heterocycles. The number of halogens is 2. The second-order valence-corrected chi connectivity index (χ2v) is 4.74. The summed E-state index contributed by atoms with van der Waals surface area (Å²) in [4.78, 5) is 13.3. The number of carbonyl (C=O) groups is 1. The van der Waals surface area contributed by atoms with E-state index in [1.54, 1.807) is 25.2 Å². The molecule has 1 aliphatic heterocycles. The second kappa shape index (κ2) is 8.40. The molecule has 1 fully saturated rings. The second-order valence-electron chi connectivity index (χ2n) is 4.74. The summed E-state index contributed by atoms with van der Waals surface area (Å²) in [6.45, 7) is 2.11. The lowest BCUT2D eigenvalue weighted by atomic mass is 10.1. The van der Waals surface area contributed by atoms with Crippen molar-refractivity contribution in [2.24, 2.45) is 0 Å². The van der Waals surface area contributed by atoms with E-state index in [2.05, 4.69) is 10.4 Å². The Kier molecular flexibility index (Phi) is 8.06. The van der Waals surface area contributed by atoms with Crippen LogP contribution in [-0.2, 0) is 0 Å². The van der Waals surface area contributed by atoms with Crippen molar-refractivity contribution in [3.05, 3.63) is 18.0 Å². The lowest BCUT2D eigenvalue weighted by Crippen LogP contribution is -2.21. The van der Waals surface area contributed by atoms with Crippen LogP contribution in [0, 0.1) is 0 Å². The van der Waals surface area contributed by atoms with Crippen LogP contribution in [0.25, 0.3) is 0 Å². The van der Waals surface area contributed by atoms with Gasteiger partial charge in [-0.1, -0.05) is 0 Å². The van der Waals surface area contributed by atoms with E-state index in [0.717, 1.165) is 25.9 Å². The number of carbonyl (C=O) groups excluding carboxylic acids is 1. The fourth-order valence-corrected chi connectivity index (χ4v) is 2.17. The topological polar surface area (TPSA) is 50.2 Å². The van der Waals surface area contributed by atoms with Crippen molar-refractivity contribution in [3.8, 4) is 0 Å². The van der Waals surface area contributed by atoms with Crippen molar-refractivity contribution in [2.45, 2.75) is 25.3 Å². The number of rotatable bonds is 2. The Balaban J connectivity index is 0.00000162. The van der Waals surface area contributed by atoms with E-state index in [-0.39, 0.29) is 30.7 Å². The fraction of sp³-hybridized carbons (Fsp3) is 0.667. The maximum atomic E-state index is 11.8. The Morgan fingerprint density at radius 3 is 2.79 bits per heavy atom. The Morgan fingerprint density at radius 2 is 2.11 bits per heavy atom. The van der Waals surface area contributed by atoms with Crippen LogP contribution in [0.5, 0.6) is 0 Å². The number of aromatic nitrogens is 2. The Labute approximate surface area is 126 Å². The van der Waals surface area contributed by atoms with Gasteiger partial charge in [-0.05, 0) is 32.4 Å². The van der Waals surface area contributed by atoms with Gasteiger partial charge < -0.3 is 10.2 Å². The normalized spacial score (nSPS) is 18.7. The zero-order valence-corrected chi connectivity index (χ0v) is 13.0. The Hall–Kier alpha value is -0.780. The molecule has 0 aliphatic carbocycles. The van der Waals surface area contributed by atoms with Crippen LogP contribution in [0.1, 0.15) is 35.7 Å². The van der Waals surface area contributed by atoms with E-state index in [1.807, 2.05) is 10.9 Å². The molecule has 0 bridgehead atoms. The average Bonchev–Trinajstić information content (AvgIpc) is 2.64.